The van der Waals surface area contributed by atoms with E-state index < -0.39 is 0 Å². The van der Waals surface area contributed by atoms with E-state index in [1.165, 1.54) is 38.5 Å². The SMILES string of the molecule is N#Cc1nc(C23CC4CC(CC(C4)C2)C3)oc1S. The maximum Gasteiger partial charge on any atom is 0.203 e. The number of hydrogen-bond donors (Lipinski definition) is 1. The molecule has 0 amide bonds. The Balaban J connectivity index is 1.77. The van der Waals surface area contributed by atoms with Crippen LogP contribution in [-0.2, 0) is 5.41 Å². The zero-order chi connectivity index (χ0) is 12.3. The van der Waals surface area contributed by atoms with Gasteiger partial charge in [-0.05, 0) is 56.3 Å². The van der Waals surface area contributed by atoms with Crippen molar-refractivity contribution in [3.8, 4) is 6.07 Å². The number of thiol groups is 1. The van der Waals surface area contributed by atoms with Crippen molar-refractivity contribution in [1.82, 2.24) is 4.98 Å². The minimum atomic E-state index is 0.126. The summed E-state index contributed by atoms with van der Waals surface area (Å²) in [6.45, 7) is 0. The maximum absolute atomic E-state index is 8.99. The summed E-state index contributed by atoms with van der Waals surface area (Å²) in [7, 11) is 0. The van der Waals surface area contributed by atoms with Crippen LogP contribution >= 0.6 is 12.6 Å². The standard InChI is InChI=1S/C14H16N2OS/c15-7-11-12(18)17-13(16-11)14-4-8-1-9(5-14)3-10(2-8)6-14/h8-10,18H,1-6H2. The molecule has 0 atom stereocenters. The van der Waals surface area contributed by atoms with Crippen LogP contribution in [0.3, 0.4) is 0 Å². The van der Waals surface area contributed by atoms with Gasteiger partial charge >= 0.3 is 0 Å². The van der Waals surface area contributed by atoms with Crippen LogP contribution in [0, 0.1) is 29.1 Å². The quantitative estimate of drug-likeness (QED) is 0.788. The van der Waals surface area contributed by atoms with Crippen LogP contribution in [-0.4, -0.2) is 4.98 Å². The topological polar surface area (TPSA) is 49.8 Å². The molecule has 5 rings (SSSR count). The van der Waals surface area contributed by atoms with Gasteiger partial charge < -0.3 is 4.42 Å². The van der Waals surface area contributed by atoms with Crippen LogP contribution in [0.15, 0.2) is 9.51 Å². The van der Waals surface area contributed by atoms with E-state index in [1.807, 2.05) is 0 Å². The molecule has 18 heavy (non-hydrogen) atoms. The molecular weight excluding hydrogens is 244 g/mol. The van der Waals surface area contributed by atoms with Crippen molar-refractivity contribution in [2.24, 2.45) is 17.8 Å². The van der Waals surface area contributed by atoms with E-state index >= 15 is 0 Å². The largest absolute Gasteiger partial charge is 0.433 e. The fourth-order valence-corrected chi connectivity index (χ4v) is 5.17. The van der Waals surface area contributed by atoms with Crippen LogP contribution in [0.5, 0.6) is 0 Å². The first-order chi connectivity index (χ1) is 8.68. The molecule has 1 aromatic rings. The normalized spacial score (nSPS) is 41.0. The van der Waals surface area contributed by atoms with Crippen LogP contribution in [0.4, 0.5) is 0 Å². The Morgan fingerprint density at radius 1 is 1.17 bits per heavy atom. The van der Waals surface area contributed by atoms with E-state index in [1.54, 1.807) is 0 Å². The van der Waals surface area contributed by atoms with Crippen LogP contribution in [0.2, 0.25) is 0 Å². The third-order valence-electron chi connectivity index (χ3n) is 5.21. The molecule has 1 aromatic heterocycles. The molecule has 0 saturated heterocycles. The molecule has 4 aliphatic carbocycles. The Morgan fingerprint density at radius 3 is 2.17 bits per heavy atom. The fraction of sp³-hybridized carbons (Fsp3) is 0.714. The summed E-state index contributed by atoms with van der Waals surface area (Å²) in [6, 6.07) is 2.07. The van der Waals surface area contributed by atoms with Gasteiger partial charge in [-0.25, -0.2) is 4.98 Å². The fourth-order valence-electron chi connectivity index (χ4n) is 4.98. The van der Waals surface area contributed by atoms with E-state index in [4.69, 9.17) is 9.68 Å². The highest BCUT2D eigenvalue weighted by molar-refractivity contribution is 7.80. The van der Waals surface area contributed by atoms with Crippen LogP contribution < -0.4 is 0 Å². The Hall–Kier alpha value is -0.950. The van der Waals surface area contributed by atoms with Gasteiger partial charge in [-0.15, -0.1) is 12.6 Å². The molecule has 1 heterocycles. The molecule has 4 fully saturated rings. The second-order valence-corrected chi connectivity index (χ2v) is 6.89. The smallest absolute Gasteiger partial charge is 0.203 e. The average molecular weight is 260 g/mol. The summed E-state index contributed by atoms with van der Waals surface area (Å²) in [4.78, 5) is 4.41. The summed E-state index contributed by atoms with van der Waals surface area (Å²) in [5.74, 6) is 3.37. The van der Waals surface area contributed by atoms with Crippen molar-refractivity contribution in [3.63, 3.8) is 0 Å². The number of nitrogens with zero attached hydrogens (tertiary/aromatic N) is 2. The predicted octanol–water partition coefficient (Wildman–Crippen LogP) is 3.30. The number of aromatic nitrogens is 1. The molecule has 4 bridgehead atoms. The zero-order valence-corrected chi connectivity index (χ0v) is 11.1. The van der Waals surface area contributed by atoms with Crippen molar-refractivity contribution in [2.75, 3.05) is 0 Å². The van der Waals surface area contributed by atoms with Crippen molar-refractivity contribution in [1.29, 1.82) is 5.26 Å². The Kier molecular flexibility index (Phi) is 2.15. The van der Waals surface area contributed by atoms with Crippen molar-refractivity contribution >= 4 is 12.6 Å². The van der Waals surface area contributed by atoms with Gasteiger partial charge in [0.05, 0.1) is 0 Å². The molecule has 0 radical (unpaired) electrons. The van der Waals surface area contributed by atoms with Gasteiger partial charge in [0.25, 0.3) is 0 Å². The molecule has 0 unspecified atom stereocenters. The van der Waals surface area contributed by atoms with Gasteiger partial charge in [-0.3, -0.25) is 0 Å². The van der Waals surface area contributed by atoms with Gasteiger partial charge in [0.15, 0.2) is 10.8 Å². The summed E-state index contributed by atoms with van der Waals surface area (Å²) in [6.07, 6.45) is 7.82. The monoisotopic (exact) mass is 260 g/mol. The van der Waals surface area contributed by atoms with E-state index in [9.17, 15) is 0 Å². The van der Waals surface area contributed by atoms with Gasteiger partial charge in [0.2, 0.25) is 5.89 Å². The van der Waals surface area contributed by atoms with Crippen molar-refractivity contribution < 1.29 is 4.42 Å². The summed E-state index contributed by atoms with van der Waals surface area (Å²) < 4.78 is 5.72. The molecule has 0 spiro atoms. The lowest BCUT2D eigenvalue weighted by Crippen LogP contribution is -2.48. The number of nitriles is 1. The highest BCUT2D eigenvalue weighted by Gasteiger charge is 2.54. The molecule has 0 aliphatic heterocycles. The molecule has 4 heteroatoms. The Bertz CT molecular complexity index is 507. The first-order valence-corrected chi connectivity index (χ1v) is 7.23. The molecule has 4 aliphatic rings. The average Bonchev–Trinajstić information content (AvgIpc) is 2.69. The third kappa shape index (κ3) is 1.40. The lowest BCUT2D eigenvalue weighted by atomic mass is 9.49. The lowest BCUT2D eigenvalue weighted by Gasteiger charge is -2.55. The summed E-state index contributed by atoms with van der Waals surface area (Å²) in [5, 5.41) is 9.38. The first kappa shape index (κ1) is 10.9. The molecule has 3 nitrogen and oxygen atoms in total. The molecule has 94 valence electrons. The van der Waals surface area contributed by atoms with E-state index in [0.29, 0.717) is 10.8 Å². The van der Waals surface area contributed by atoms with E-state index in [2.05, 4.69) is 23.7 Å². The molecule has 4 saturated carbocycles. The highest BCUT2D eigenvalue weighted by atomic mass is 32.1. The second kappa shape index (κ2) is 3.54. The molecule has 0 aromatic carbocycles. The van der Waals surface area contributed by atoms with Gasteiger partial charge in [0.1, 0.15) is 6.07 Å². The number of oxazole rings is 1. The number of hydrogen-bond acceptors (Lipinski definition) is 4. The number of rotatable bonds is 1. The van der Waals surface area contributed by atoms with E-state index in [-0.39, 0.29) is 5.41 Å². The Labute approximate surface area is 112 Å². The Morgan fingerprint density at radius 2 is 1.72 bits per heavy atom. The van der Waals surface area contributed by atoms with Gasteiger partial charge in [-0.2, -0.15) is 5.26 Å². The minimum Gasteiger partial charge on any atom is -0.433 e. The maximum atomic E-state index is 8.99. The first-order valence-electron chi connectivity index (χ1n) is 6.79. The summed E-state index contributed by atoms with van der Waals surface area (Å²) >= 11 is 4.22. The van der Waals surface area contributed by atoms with Crippen molar-refractivity contribution in [2.45, 2.75) is 49.0 Å². The van der Waals surface area contributed by atoms with Gasteiger partial charge in [-0.1, -0.05) is 0 Å². The van der Waals surface area contributed by atoms with Crippen molar-refractivity contribution in [3.05, 3.63) is 11.6 Å². The van der Waals surface area contributed by atoms with E-state index in [0.717, 1.165) is 23.6 Å². The minimum absolute atomic E-state index is 0.126. The van der Waals surface area contributed by atoms with Gasteiger partial charge in [0, 0.05) is 5.41 Å². The second-order valence-electron chi connectivity index (χ2n) is 6.48. The predicted molar refractivity (Wildman–Crippen MR) is 68.3 cm³/mol. The van der Waals surface area contributed by atoms with Crippen LogP contribution in [0.1, 0.15) is 50.1 Å². The zero-order valence-electron chi connectivity index (χ0n) is 10.2. The van der Waals surface area contributed by atoms with Crippen LogP contribution in [0.25, 0.3) is 0 Å². The lowest BCUT2D eigenvalue weighted by molar-refractivity contribution is -0.0190. The third-order valence-corrected chi connectivity index (χ3v) is 5.51. The molecule has 0 N–H and O–H groups in total. The molecular formula is C14H16N2OS. The highest BCUT2D eigenvalue weighted by Crippen LogP contribution is 2.60. The summed E-state index contributed by atoms with van der Waals surface area (Å²) in [5.41, 5.74) is 0.477.